The lowest BCUT2D eigenvalue weighted by molar-refractivity contribution is 0.669. The molecule has 8 aromatic carbocycles. The van der Waals surface area contributed by atoms with E-state index in [1.165, 1.54) is 67.3 Å². The molecule has 0 aliphatic carbocycles. The van der Waals surface area contributed by atoms with Crippen LogP contribution < -0.4 is 4.90 Å². The third-order valence-electron chi connectivity index (χ3n) is 9.83. The molecule has 224 valence electrons. The quantitative estimate of drug-likeness (QED) is 0.190. The standard InChI is InChI=1S/C44H25NOS2/c1-2-11-28(12-3-1)45(29-19-22-32-33-20-17-26-9-4-6-13-30(26)43(33)48-39(32)25-29)36-16-8-15-34-40-37(46-42(34)36)23-24-38-41(40)35-21-18-27-10-5-7-14-31(27)44(35)47-38/h1-25H. The molecule has 0 unspecified atom stereocenters. The number of nitrogens with zero attached hydrogens (tertiary/aromatic N) is 1. The van der Waals surface area contributed by atoms with E-state index in [0.29, 0.717) is 0 Å². The van der Waals surface area contributed by atoms with Crippen molar-refractivity contribution in [3.05, 3.63) is 152 Å². The summed E-state index contributed by atoms with van der Waals surface area (Å²) in [6, 6.07) is 55.0. The predicted octanol–water partition coefficient (Wildman–Crippen LogP) is 14.1. The van der Waals surface area contributed by atoms with Crippen LogP contribution in [0.3, 0.4) is 0 Å². The maximum atomic E-state index is 6.87. The summed E-state index contributed by atoms with van der Waals surface area (Å²) < 4.78 is 12.1. The van der Waals surface area contributed by atoms with Crippen LogP contribution in [0.4, 0.5) is 17.1 Å². The first kappa shape index (κ1) is 26.4. The van der Waals surface area contributed by atoms with Crippen molar-refractivity contribution in [2.24, 2.45) is 0 Å². The van der Waals surface area contributed by atoms with Gasteiger partial charge in [0.15, 0.2) is 5.58 Å². The summed E-state index contributed by atoms with van der Waals surface area (Å²) in [6.07, 6.45) is 0. The number of benzene rings is 8. The van der Waals surface area contributed by atoms with Gasteiger partial charge in [-0.05, 0) is 64.0 Å². The van der Waals surface area contributed by atoms with Crippen LogP contribution in [0.1, 0.15) is 0 Å². The smallest absolute Gasteiger partial charge is 0.159 e. The molecule has 0 aliphatic rings. The van der Waals surface area contributed by atoms with Gasteiger partial charge in [-0.15, -0.1) is 22.7 Å². The molecule has 4 heteroatoms. The minimum Gasteiger partial charge on any atom is -0.454 e. The molecule has 0 spiro atoms. The van der Waals surface area contributed by atoms with Crippen LogP contribution in [0.2, 0.25) is 0 Å². The summed E-state index contributed by atoms with van der Waals surface area (Å²) in [6.45, 7) is 0. The molecule has 0 aliphatic heterocycles. The van der Waals surface area contributed by atoms with Crippen LogP contribution in [0.25, 0.3) is 83.8 Å². The van der Waals surface area contributed by atoms with Gasteiger partial charge < -0.3 is 9.32 Å². The summed E-state index contributed by atoms with van der Waals surface area (Å²) >= 11 is 3.75. The summed E-state index contributed by atoms with van der Waals surface area (Å²) in [5, 5.41) is 12.7. The minimum absolute atomic E-state index is 0.895. The van der Waals surface area contributed by atoms with Crippen molar-refractivity contribution in [2.75, 3.05) is 4.90 Å². The number of thiophene rings is 2. The largest absolute Gasteiger partial charge is 0.454 e. The van der Waals surface area contributed by atoms with Crippen molar-refractivity contribution in [1.29, 1.82) is 0 Å². The lowest BCUT2D eigenvalue weighted by atomic mass is 10.0. The Bertz CT molecular complexity index is 3070. The highest BCUT2D eigenvalue weighted by Gasteiger charge is 2.22. The molecule has 0 amide bonds. The Kier molecular flexibility index (Phi) is 5.45. The Morgan fingerprint density at radius 3 is 1.90 bits per heavy atom. The third kappa shape index (κ3) is 3.67. The van der Waals surface area contributed by atoms with E-state index in [2.05, 4.69) is 157 Å². The molecule has 11 aromatic rings. The monoisotopic (exact) mass is 647 g/mol. The number of fused-ring (bicyclic) bond motifs is 14. The minimum atomic E-state index is 0.895. The summed E-state index contributed by atoms with van der Waals surface area (Å²) in [4.78, 5) is 2.35. The normalized spacial score (nSPS) is 12.2. The number of hydrogen-bond donors (Lipinski definition) is 0. The molecule has 0 saturated heterocycles. The topological polar surface area (TPSA) is 16.4 Å². The number of rotatable bonds is 3. The first-order valence-electron chi connectivity index (χ1n) is 16.2. The van der Waals surface area contributed by atoms with Gasteiger partial charge >= 0.3 is 0 Å². The average molecular weight is 648 g/mol. The van der Waals surface area contributed by atoms with Crippen molar-refractivity contribution in [1.82, 2.24) is 0 Å². The molecule has 0 atom stereocenters. The van der Waals surface area contributed by atoms with Crippen LogP contribution in [-0.2, 0) is 0 Å². The fourth-order valence-corrected chi connectivity index (χ4v) is 10.2. The van der Waals surface area contributed by atoms with E-state index < -0.39 is 0 Å². The van der Waals surface area contributed by atoms with E-state index in [0.717, 1.165) is 33.6 Å². The number of hydrogen-bond acceptors (Lipinski definition) is 4. The molecule has 0 bridgehead atoms. The van der Waals surface area contributed by atoms with E-state index in [4.69, 9.17) is 4.42 Å². The Balaban J connectivity index is 1.18. The van der Waals surface area contributed by atoms with Gasteiger partial charge in [0.1, 0.15) is 5.58 Å². The number of anilines is 3. The highest BCUT2D eigenvalue weighted by atomic mass is 32.1. The Morgan fingerprint density at radius 1 is 0.417 bits per heavy atom. The summed E-state index contributed by atoms with van der Waals surface area (Å²) in [5.74, 6) is 0. The predicted molar refractivity (Wildman–Crippen MR) is 209 cm³/mol. The van der Waals surface area contributed by atoms with Crippen LogP contribution in [0, 0.1) is 0 Å². The fourth-order valence-electron chi connectivity index (χ4n) is 7.68. The molecular weight excluding hydrogens is 623 g/mol. The molecule has 3 aromatic heterocycles. The molecule has 3 heterocycles. The van der Waals surface area contributed by atoms with Crippen molar-refractivity contribution < 1.29 is 4.42 Å². The fraction of sp³-hybridized carbons (Fsp3) is 0. The number of para-hydroxylation sites is 2. The average Bonchev–Trinajstić information content (AvgIpc) is 3.83. The van der Waals surface area contributed by atoms with E-state index in [1.54, 1.807) is 0 Å². The second-order valence-corrected chi connectivity index (χ2v) is 14.6. The lowest BCUT2D eigenvalue weighted by Crippen LogP contribution is -2.09. The number of furan rings is 1. The van der Waals surface area contributed by atoms with Crippen molar-refractivity contribution in [2.45, 2.75) is 0 Å². The highest BCUT2D eigenvalue weighted by molar-refractivity contribution is 7.27. The second kappa shape index (κ2) is 9.91. The first-order valence-corrected chi connectivity index (χ1v) is 17.8. The second-order valence-electron chi connectivity index (χ2n) is 12.5. The molecule has 0 fully saturated rings. The van der Waals surface area contributed by atoms with Crippen molar-refractivity contribution >= 4 is 124 Å². The highest BCUT2D eigenvalue weighted by Crippen LogP contribution is 2.48. The summed E-state index contributed by atoms with van der Waals surface area (Å²) in [7, 11) is 0. The molecule has 2 nitrogen and oxygen atoms in total. The molecule has 11 rings (SSSR count). The van der Waals surface area contributed by atoms with E-state index >= 15 is 0 Å². The van der Waals surface area contributed by atoms with Gasteiger partial charge in [-0.2, -0.15) is 0 Å². The zero-order valence-corrected chi connectivity index (χ0v) is 27.2. The van der Waals surface area contributed by atoms with Gasteiger partial charge in [-0.1, -0.05) is 109 Å². The SMILES string of the molecule is c1ccc(N(c2ccc3c(c2)sc2c4ccccc4ccc32)c2cccc3c2oc2ccc4sc5c6ccccc6ccc5c4c23)cc1. The van der Waals surface area contributed by atoms with E-state index in [1.807, 2.05) is 22.7 Å². The summed E-state index contributed by atoms with van der Waals surface area (Å²) in [5.41, 5.74) is 5.03. The van der Waals surface area contributed by atoms with Crippen molar-refractivity contribution in [3.63, 3.8) is 0 Å². The Labute approximate surface area is 283 Å². The third-order valence-corrected chi connectivity index (χ3v) is 12.2. The van der Waals surface area contributed by atoms with Gasteiger partial charge in [-0.3, -0.25) is 0 Å². The molecule has 0 saturated carbocycles. The van der Waals surface area contributed by atoms with Crippen LogP contribution in [0.5, 0.6) is 0 Å². The van der Waals surface area contributed by atoms with E-state index in [9.17, 15) is 0 Å². The lowest BCUT2D eigenvalue weighted by Gasteiger charge is -2.25. The Morgan fingerprint density at radius 2 is 1.08 bits per heavy atom. The maximum absolute atomic E-state index is 6.87. The Hall–Kier alpha value is -5.68. The molecule has 0 N–H and O–H groups in total. The van der Waals surface area contributed by atoms with Crippen LogP contribution >= 0.6 is 22.7 Å². The van der Waals surface area contributed by atoms with E-state index in [-0.39, 0.29) is 0 Å². The molecule has 48 heavy (non-hydrogen) atoms. The maximum Gasteiger partial charge on any atom is 0.159 e. The van der Waals surface area contributed by atoms with Gasteiger partial charge in [0.2, 0.25) is 0 Å². The van der Waals surface area contributed by atoms with Gasteiger partial charge in [-0.25, -0.2) is 0 Å². The van der Waals surface area contributed by atoms with Crippen LogP contribution in [-0.4, -0.2) is 0 Å². The zero-order valence-electron chi connectivity index (χ0n) is 25.6. The van der Waals surface area contributed by atoms with Crippen LogP contribution in [0.15, 0.2) is 156 Å². The first-order chi connectivity index (χ1) is 23.8. The van der Waals surface area contributed by atoms with Crippen molar-refractivity contribution in [3.8, 4) is 0 Å². The molecular formula is C44H25NOS2. The zero-order chi connectivity index (χ0) is 31.3. The van der Waals surface area contributed by atoms with Gasteiger partial charge in [0.25, 0.3) is 0 Å². The van der Waals surface area contributed by atoms with Gasteiger partial charge in [0.05, 0.1) is 5.69 Å². The van der Waals surface area contributed by atoms with Gasteiger partial charge in [0, 0.05) is 62.5 Å². The molecule has 0 radical (unpaired) electrons.